The second-order valence-corrected chi connectivity index (χ2v) is 18.6. The van der Waals surface area contributed by atoms with E-state index < -0.39 is 0 Å². The quantitative estimate of drug-likeness (QED) is 0.251. The van der Waals surface area contributed by atoms with Crippen molar-refractivity contribution in [1.29, 1.82) is 0 Å². The van der Waals surface area contributed by atoms with Gasteiger partial charge < -0.3 is 19.7 Å². The summed E-state index contributed by atoms with van der Waals surface area (Å²) in [5, 5.41) is 20.3. The first kappa shape index (κ1) is 35.4. The second-order valence-electron chi connectivity index (χ2n) is 18.6. The smallest absolute Gasteiger partial charge is 0.309 e. The molecule has 3 unspecified atom stereocenters. The van der Waals surface area contributed by atoms with Gasteiger partial charge in [0.25, 0.3) is 0 Å². The topological polar surface area (TPSA) is 93.1 Å². The van der Waals surface area contributed by atoms with Crippen molar-refractivity contribution in [3.8, 4) is 0 Å². The predicted molar refractivity (Wildman–Crippen MR) is 187 cm³/mol. The summed E-state index contributed by atoms with van der Waals surface area (Å²) in [5.41, 5.74) is -0.0113. The fourth-order valence-electron chi connectivity index (χ4n) is 12.9. The van der Waals surface area contributed by atoms with Gasteiger partial charge in [-0.1, -0.05) is 26.7 Å². The van der Waals surface area contributed by atoms with E-state index in [1.165, 1.54) is 44.9 Å². The molecule has 1 heterocycles. The zero-order valence-corrected chi connectivity index (χ0v) is 30.4. The average molecular weight is 669 g/mol. The summed E-state index contributed by atoms with van der Waals surface area (Å²) in [6.45, 7) is 4.98. The van der Waals surface area contributed by atoms with E-state index in [1.54, 1.807) is 0 Å². The molecule has 0 aromatic carbocycles. The Balaban J connectivity index is 0.874. The highest BCUT2D eigenvalue weighted by atomic mass is 16.6. The number of fused-ring (bicyclic) bond motifs is 1. The SMILES string of the molecule is CC(C)(C1CCC(O)CC1)C1CCC(OC2CCC(C(=O)C3CCC(C4(C5CCC(O)CC5)OC(=O)C5CCCCC54)CC3)CC2)CC1. The molecule has 0 bridgehead atoms. The lowest BCUT2D eigenvalue weighted by atomic mass is 9.56. The first-order valence-electron chi connectivity index (χ1n) is 20.9. The molecule has 0 amide bonds. The molecule has 0 spiro atoms. The van der Waals surface area contributed by atoms with Gasteiger partial charge in [-0.25, -0.2) is 0 Å². The van der Waals surface area contributed by atoms with Crippen molar-refractivity contribution < 1.29 is 29.3 Å². The van der Waals surface area contributed by atoms with E-state index in [4.69, 9.17) is 9.47 Å². The molecule has 0 aromatic heterocycles. The van der Waals surface area contributed by atoms with Gasteiger partial charge in [0.1, 0.15) is 11.4 Å². The minimum atomic E-state index is -0.361. The number of rotatable bonds is 8. The molecule has 1 aliphatic heterocycles. The van der Waals surface area contributed by atoms with Crippen molar-refractivity contribution in [1.82, 2.24) is 0 Å². The maximum absolute atomic E-state index is 13.9. The van der Waals surface area contributed by atoms with Crippen LogP contribution in [0.25, 0.3) is 0 Å². The number of esters is 1. The maximum atomic E-state index is 13.9. The van der Waals surface area contributed by atoms with Gasteiger partial charge in [0, 0.05) is 17.8 Å². The molecule has 0 aromatic rings. The molecule has 48 heavy (non-hydrogen) atoms. The van der Waals surface area contributed by atoms with Gasteiger partial charge in [-0.05, 0) is 170 Å². The molecule has 6 saturated carbocycles. The van der Waals surface area contributed by atoms with Crippen LogP contribution in [0.2, 0.25) is 0 Å². The molecule has 6 nitrogen and oxygen atoms in total. The minimum absolute atomic E-state index is 0.0563. The minimum Gasteiger partial charge on any atom is -0.458 e. The molecular weight excluding hydrogens is 600 g/mol. The van der Waals surface area contributed by atoms with E-state index in [9.17, 15) is 19.8 Å². The first-order valence-corrected chi connectivity index (χ1v) is 20.9. The largest absolute Gasteiger partial charge is 0.458 e. The molecule has 7 aliphatic rings. The number of ketones is 1. The molecule has 6 heteroatoms. The number of aliphatic hydroxyl groups is 2. The van der Waals surface area contributed by atoms with Crippen molar-refractivity contribution in [2.75, 3.05) is 0 Å². The number of carbonyl (C=O) groups is 2. The fourth-order valence-corrected chi connectivity index (χ4v) is 12.9. The van der Waals surface area contributed by atoms with Crippen LogP contribution in [0.5, 0.6) is 0 Å². The van der Waals surface area contributed by atoms with Crippen LogP contribution >= 0.6 is 0 Å². The summed E-state index contributed by atoms with van der Waals surface area (Å²) in [5.74, 6) is 3.55. The Morgan fingerprint density at radius 3 is 1.62 bits per heavy atom. The van der Waals surface area contributed by atoms with E-state index in [0.29, 0.717) is 41.2 Å². The highest BCUT2D eigenvalue weighted by Crippen LogP contribution is 2.59. The van der Waals surface area contributed by atoms with E-state index in [0.717, 1.165) is 121 Å². The molecule has 7 fully saturated rings. The summed E-state index contributed by atoms with van der Waals surface area (Å²) < 4.78 is 13.3. The summed E-state index contributed by atoms with van der Waals surface area (Å²) in [6, 6.07) is 0. The van der Waals surface area contributed by atoms with E-state index >= 15 is 0 Å². The van der Waals surface area contributed by atoms with Crippen molar-refractivity contribution >= 4 is 11.8 Å². The van der Waals surface area contributed by atoms with Gasteiger partial charge in [0.05, 0.1) is 30.3 Å². The number of carbonyl (C=O) groups excluding carboxylic acids is 2. The third-order valence-electron chi connectivity index (χ3n) is 16.0. The van der Waals surface area contributed by atoms with Crippen LogP contribution in [0.3, 0.4) is 0 Å². The van der Waals surface area contributed by atoms with Gasteiger partial charge >= 0.3 is 5.97 Å². The number of hydrogen-bond donors (Lipinski definition) is 2. The normalized spacial score (nSPS) is 46.0. The molecule has 6 aliphatic carbocycles. The molecule has 1 saturated heterocycles. The van der Waals surface area contributed by atoms with E-state index in [-0.39, 0.29) is 41.5 Å². The van der Waals surface area contributed by atoms with Crippen LogP contribution in [-0.2, 0) is 19.1 Å². The number of cyclic esters (lactones) is 1. The summed E-state index contributed by atoms with van der Waals surface area (Å²) >= 11 is 0. The zero-order chi connectivity index (χ0) is 33.5. The first-order chi connectivity index (χ1) is 23.1. The van der Waals surface area contributed by atoms with Crippen LogP contribution in [0.1, 0.15) is 168 Å². The molecule has 3 atom stereocenters. The highest BCUT2D eigenvalue weighted by Gasteiger charge is 2.63. The van der Waals surface area contributed by atoms with Crippen LogP contribution in [-0.4, -0.2) is 52.0 Å². The number of aliphatic hydroxyl groups excluding tert-OH is 2. The molecule has 2 N–H and O–H groups in total. The summed E-state index contributed by atoms with van der Waals surface area (Å²) in [6.07, 6.45) is 25.5. The fraction of sp³-hybridized carbons (Fsp3) is 0.952. The van der Waals surface area contributed by atoms with Crippen molar-refractivity contribution in [2.24, 2.45) is 52.8 Å². The lowest BCUT2D eigenvalue weighted by Crippen LogP contribution is -2.53. The van der Waals surface area contributed by atoms with E-state index in [2.05, 4.69) is 13.8 Å². The van der Waals surface area contributed by atoms with Gasteiger partial charge in [-0.2, -0.15) is 0 Å². The standard InChI is InChI=1S/C42H68O6/c1-41(2,29-13-19-33(43)20-14-29)30-17-25-36(26-18-30)47-35-23-9-28(10-24-35)39(45)27-7-11-31(12-8-27)42(32-15-21-34(44)22-16-32)38-6-4-3-5-37(38)40(46)48-42/h27-38,43-44H,3-26H2,1-2H3. The number of Topliss-reactive ketones (excluding diaryl/α,β-unsaturated/α-hetero) is 1. The Morgan fingerprint density at radius 1 is 0.625 bits per heavy atom. The second kappa shape index (κ2) is 14.9. The van der Waals surface area contributed by atoms with Crippen molar-refractivity contribution in [2.45, 2.75) is 198 Å². The lowest BCUT2D eigenvalue weighted by Gasteiger charge is -2.50. The summed E-state index contributed by atoms with van der Waals surface area (Å²) in [7, 11) is 0. The Hall–Kier alpha value is -0.980. The van der Waals surface area contributed by atoms with E-state index in [1.807, 2.05) is 0 Å². The number of ether oxygens (including phenoxy) is 2. The van der Waals surface area contributed by atoms with Crippen molar-refractivity contribution in [3.63, 3.8) is 0 Å². The Kier molecular flexibility index (Phi) is 11.0. The molecule has 0 radical (unpaired) electrons. The third kappa shape index (κ3) is 7.08. The maximum Gasteiger partial charge on any atom is 0.309 e. The van der Waals surface area contributed by atoms with Gasteiger partial charge in [-0.15, -0.1) is 0 Å². The lowest BCUT2D eigenvalue weighted by molar-refractivity contribution is -0.172. The Bertz CT molecular complexity index is 1080. The highest BCUT2D eigenvalue weighted by molar-refractivity contribution is 5.83. The average Bonchev–Trinajstić information content (AvgIpc) is 3.42. The molecular formula is C42H68O6. The Morgan fingerprint density at radius 2 is 1.06 bits per heavy atom. The van der Waals surface area contributed by atoms with Crippen LogP contribution in [0.15, 0.2) is 0 Å². The number of hydrogen-bond acceptors (Lipinski definition) is 6. The monoisotopic (exact) mass is 669 g/mol. The zero-order valence-electron chi connectivity index (χ0n) is 30.4. The van der Waals surface area contributed by atoms with Crippen molar-refractivity contribution in [3.05, 3.63) is 0 Å². The molecule has 272 valence electrons. The van der Waals surface area contributed by atoms with Crippen LogP contribution in [0, 0.1) is 52.8 Å². The van der Waals surface area contributed by atoms with Gasteiger partial charge in [0.2, 0.25) is 0 Å². The van der Waals surface area contributed by atoms with Gasteiger partial charge in [0.15, 0.2) is 0 Å². The van der Waals surface area contributed by atoms with Gasteiger partial charge in [-0.3, -0.25) is 9.59 Å². The third-order valence-corrected chi connectivity index (χ3v) is 16.0. The van der Waals surface area contributed by atoms with Crippen LogP contribution < -0.4 is 0 Å². The molecule has 7 rings (SSSR count). The van der Waals surface area contributed by atoms with Crippen LogP contribution in [0.4, 0.5) is 0 Å². The predicted octanol–water partition coefficient (Wildman–Crippen LogP) is 8.73. The summed E-state index contributed by atoms with van der Waals surface area (Å²) in [4.78, 5) is 27.2. The Labute approximate surface area is 291 Å².